The van der Waals surface area contributed by atoms with Crippen molar-refractivity contribution in [1.82, 2.24) is 4.90 Å². The fourth-order valence-electron chi connectivity index (χ4n) is 2.07. The molecule has 0 radical (unpaired) electrons. The average Bonchev–Trinajstić information content (AvgIpc) is 2.65. The number of carbonyl (C=O) groups is 1. The van der Waals surface area contributed by atoms with Crippen LogP contribution in [-0.2, 0) is 0 Å². The lowest BCUT2D eigenvalue weighted by atomic mass is 9.92. The molecular weight excluding hydrogens is 218 g/mol. The van der Waals surface area contributed by atoms with Crippen LogP contribution in [0.4, 0.5) is 0 Å². The molecule has 1 heterocycles. The van der Waals surface area contributed by atoms with Gasteiger partial charge < -0.3 is 0 Å². The molecule has 16 heavy (non-hydrogen) atoms. The van der Waals surface area contributed by atoms with Crippen LogP contribution in [0.2, 0.25) is 0 Å². The first-order chi connectivity index (χ1) is 7.43. The number of Topliss-reactive ketones (excluding diaryl/α,β-unsaturated/α-hetero) is 1. The second-order valence-corrected chi connectivity index (χ2v) is 5.62. The van der Waals surface area contributed by atoms with Crippen molar-refractivity contribution in [3.63, 3.8) is 0 Å². The predicted molar refractivity (Wildman–Crippen MR) is 70.4 cm³/mol. The molecule has 0 saturated carbocycles. The number of likely N-dealkylation sites (N-methyl/N-ethyl adjacent to an activating group) is 1. The topological polar surface area (TPSA) is 20.3 Å². The number of ketones is 1. The Hall–Kier alpha value is -0.670. The van der Waals surface area contributed by atoms with Gasteiger partial charge in [-0.3, -0.25) is 9.69 Å². The summed E-state index contributed by atoms with van der Waals surface area (Å²) < 4.78 is 0. The number of hydrogen-bond donors (Lipinski definition) is 0. The van der Waals surface area contributed by atoms with Gasteiger partial charge in [-0.25, -0.2) is 0 Å². The first kappa shape index (κ1) is 13.4. The van der Waals surface area contributed by atoms with Crippen molar-refractivity contribution in [2.45, 2.75) is 40.2 Å². The van der Waals surface area contributed by atoms with Gasteiger partial charge in [0.05, 0.1) is 5.54 Å². The highest BCUT2D eigenvalue weighted by molar-refractivity contribution is 7.10. The predicted octanol–water partition coefficient (Wildman–Crippen LogP) is 3.36. The fourth-order valence-corrected chi connectivity index (χ4v) is 2.76. The molecule has 1 aromatic rings. The molecule has 0 saturated heterocycles. The van der Waals surface area contributed by atoms with E-state index in [0.29, 0.717) is 0 Å². The Labute approximate surface area is 102 Å². The third-order valence-corrected chi connectivity index (χ3v) is 3.96. The molecule has 0 atom stereocenters. The normalized spacial score (nSPS) is 12.1. The quantitative estimate of drug-likeness (QED) is 0.734. The van der Waals surface area contributed by atoms with E-state index in [0.717, 1.165) is 18.7 Å². The summed E-state index contributed by atoms with van der Waals surface area (Å²) in [5.41, 5.74) is 0.441. The highest BCUT2D eigenvalue weighted by Crippen LogP contribution is 2.23. The van der Waals surface area contributed by atoms with Gasteiger partial charge in [0.2, 0.25) is 0 Å². The third kappa shape index (κ3) is 2.53. The van der Waals surface area contributed by atoms with Crippen LogP contribution < -0.4 is 0 Å². The van der Waals surface area contributed by atoms with Crippen LogP contribution in [0.3, 0.4) is 0 Å². The molecule has 0 fully saturated rings. The van der Waals surface area contributed by atoms with Gasteiger partial charge in [0.15, 0.2) is 5.78 Å². The van der Waals surface area contributed by atoms with E-state index in [9.17, 15) is 4.79 Å². The Morgan fingerprint density at radius 2 is 1.94 bits per heavy atom. The van der Waals surface area contributed by atoms with Crippen LogP contribution >= 0.6 is 11.3 Å². The van der Waals surface area contributed by atoms with Gasteiger partial charge in [0.1, 0.15) is 0 Å². The zero-order chi connectivity index (χ0) is 12.3. The van der Waals surface area contributed by atoms with Crippen LogP contribution in [0, 0.1) is 6.92 Å². The summed E-state index contributed by atoms with van der Waals surface area (Å²) in [5, 5.41) is 1.96. The number of hydrogen-bond acceptors (Lipinski definition) is 3. The first-order valence-electron chi connectivity index (χ1n) is 5.78. The SMILES string of the molecule is CCN(CC)C(C)(C)C(=O)c1csc(C)c1. The molecule has 0 amide bonds. The van der Waals surface area contributed by atoms with E-state index in [2.05, 4.69) is 18.7 Å². The molecule has 90 valence electrons. The van der Waals surface area contributed by atoms with Gasteiger partial charge in [-0.2, -0.15) is 0 Å². The molecule has 0 unspecified atom stereocenters. The van der Waals surface area contributed by atoms with Crippen LogP contribution in [0.25, 0.3) is 0 Å². The average molecular weight is 239 g/mol. The Bertz CT molecular complexity index is 364. The van der Waals surface area contributed by atoms with Crippen molar-refractivity contribution in [3.8, 4) is 0 Å². The van der Waals surface area contributed by atoms with E-state index in [1.165, 1.54) is 4.88 Å². The summed E-state index contributed by atoms with van der Waals surface area (Å²) in [6.45, 7) is 12.0. The molecular formula is C13H21NOS. The molecule has 0 aliphatic rings. The Morgan fingerprint density at radius 3 is 2.31 bits per heavy atom. The smallest absolute Gasteiger partial charge is 0.183 e. The van der Waals surface area contributed by atoms with E-state index >= 15 is 0 Å². The number of carbonyl (C=O) groups excluding carboxylic acids is 1. The lowest BCUT2D eigenvalue weighted by Crippen LogP contribution is -2.49. The van der Waals surface area contributed by atoms with Gasteiger partial charge in [0, 0.05) is 15.8 Å². The summed E-state index contributed by atoms with van der Waals surface area (Å²) >= 11 is 1.64. The Kier molecular flexibility index (Phi) is 4.28. The summed E-state index contributed by atoms with van der Waals surface area (Å²) in [5.74, 6) is 0.223. The van der Waals surface area contributed by atoms with Crippen molar-refractivity contribution >= 4 is 17.1 Å². The number of nitrogens with zero attached hydrogens (tertiary/aromatic N) is 1. The molecule has 0 N–H and O–H groups in total. The maximum absolute atomic E-state index is 12.4. The molecule has 0 aliphatic heterocycles. The molecule has 3 heteroatoms. The second-order valence-electron chi connectivity index (χ2n) is 4.51. The van der Waals surface area contributed by atoms with Crippen LogP contribution in [0.5, 0.6) is 0 Å². The lowest BCUT2D eigenvalue weighted by molar-refractivity contribution is 0.0669. The van der Waals surface area contributed by atoms with Crippen LogP contribution in [0.1, 0.15) is 42.9 Å². The number of thiophene rings is 1. The van der Waals surface area contributed by atoms with E-state index in [4.69, 9.17) is 0 Å². The summed E-state index contributed by atoms with van der Waals surface area (Å²) in [6.07, 6.45) is 0. The Morgan fingerprint density at radius 1 is 1.38 bits per heavy atom. The van der Waals surface area contributed by atoms with Crippen molar-refractivity contribution in [1.29, 1.82) is 0 Å². The maximum Gasteiger partial charge on any atom is 0.183 e. The lowest BCUT2D eigenvalue weighted by Gasteiger charge is -2.35. The summed E-state index contributed by atoms with van der Waals surface area (Å²) in [4.78, 5) is 15.8. The van der Waals surface area contributed by atoms with E-state index in [-0.39, 0.29) is 5.78 Å². The molecule has 2 nitrogen and oxygen atoms in total. The van der Waals surface area contributed by atoms with Gasteiger partial charge in [0.25, 0.3) is 0 Å². The molecule has 1 rings (SSSR count). The third-order valence-electron chi connectivity index (χ3n) is 3.10. The highest BCUT2D eigenvalue weighted by Gasteiger charge is 2.33. The Balaban J connectivity index is 2.95. The van der Waals surface area contributed by atoms with Crippen LogP contribution in [-0.4, -0.2) is 29.3 Å². The first-order valence-corrected chi connectivity index (χ1v) is 6.66. The van der Waals surface area contributed by atoms with E-state index in [1.54, 1.807) is 11.3 Å². The molecule has 0 bridgehead atoms. The van der Waals surface area contributed by atoms with Gasteiger partial charge in [-0.05, 0) is 39.9 Å². The van der Waals surface area contributed by atoms with Crippen molar-refractivity contribution in [3.05, 3.63) is 21.9 Å². The van der Waals surface area contributed by atoms with E-state index in [1.807, 2.05) is 32.2 Å². The van der Waals surface area contributed by atoms with Crippen molar-refractivity contribution in [2.24, 2.45) is 0 Å². The zero-order valence-electron chi connectivity index (χ0n) is 10.8. The van der Waals surface area contributed by atoms with Gasteiger partial charge in [-0.15, -0.1) is 11.3 Å². The zero-order valence-corrected chi connectivity index (χ0v) is 11.6. The van der Waals surface area contributed by atoms with Crippen LogP contribution in [0.15, 0.2) is 11.4 Å². The monoisotopic (exact) mass is 239 g/mol. The maximum atomic E-state index is 12.4. The van der Waals surface area contributed by atoms with Gasteiger partial charge in [-0.1, -0.05) is 13.8 Å². The largest absolute Gasteiger partial charge is 0.292 e. The standard InChI is InChI=1S/C13H21NOS/c1-6-14(7-2)13(4,5)12(15)11-8-10(3)16-9-11/h8-9H,6-7H2,1-5H3. The van der Waals surface area contributed by atoms with E-state index < -0.39 is 5.54 Å². The van der Waals surface area contributed by atoms with Gasteiger partial charge >= 0.3 is 0 Å². The molecule has 0 aromatic carbocycles. The molecule has 0 aliphatic carbocycles. The highest BCUT2D eigenvalue weighted by atomic mass is 32.1. The minimum absolute atomic E-state index is 0.223. The van der Waals surface area contributed by atoms with Crippen molar-refractivity contribution < 1.29 is 4.79 Å². The van der Waals surface area contributed by atoms with Crippen molar-refractivity contribution in [2.75, 3.05) is 13.1 Å². The number of rotatable bonds is 5. The fraction of sp³-hybridized carbons (Fsp3) is 0.615. The summed E-state index contributed by atoms with van der Waals surface area (Å²) in [7, 11) is 0. The second kappa shape index (κ2) is 5.11. The summed E-state index contributed by atoms with van der Waals surface area (Å²) in [6, 6.07) is 1.98. The molecule has 0 spiro atoms. The number of aryl methyl sites for hydroxylation is 1. The molecule has 1 aromatic heterocycles. The minimum Gasteiger partial charge on any atom is -0.292 e. The minimum atomic E-state index is -0.406.